The topological polar surface area (TPSA) is 55.6 Å². The summed E-state index contributed by atoms with van der Waals surface area (Å²) in [4.78, 5) is 13.3. The Labute approximate surface area is 114 Å². The Morgan fingerprint density at radius 3 is 2.32 bits per heavy atom. The number of imidazole rings is 1. The Morgan fingerprint density at radius 2 is 1.84 bits per heavy atom. The van der Waals surface area contributed by atoms with Crippen molar-refractivity contribution in [2.45, 2.75) is 40.3 Å². The van der Waals surface area contributed by atoms with Gasteiger partial charge in [-0.05, 0) is 13.8 Å². The van der Waals surface area contributed by atoms with Crippen LogP contribution in [0.25, 0.3) is 11.5 Å². The molecule has 0 fully saturated rings. The average molecular weight is 259 g/mol. The third kappa shape index (κ3) is 2.98. The molecule has 0 saturated heterocycles. The zero-order valence-corrected chi connectivity index (χ0v) is 12.2. The molecule has 0 radical (unpaired) electrons. The van der Waals surface area contributed by atoms with Crippen LogP contribution in [0.4, 0.5) is 0 Å². The van der Waals surface area contributed by atoms with Gasteiger partial charge in [0.25, 0.3) is 0 Å². The van der Waals surface area contributed by atoms with Gasteiger partial charge in [-0.3, -0.25) is 0 Å². The van der Waals surface area contributed by atoms with E-state index in [1.807, 2.05) is 25.5 Å². The van der Waals surface area contributed by atoms with Gasteiger partial charge in [-0.15, -0.1) is 0 Å². The van der Waals surface area contributed by atoms with E-state index >= 15 is 0 Å². The van der Waals surface area contributed by atoms with Crippen molar-refractivity contribution in [2.75, 3.05) is 0 Å². The molecule has 19 heavy (non-hydrogen) atoms. The molecule has 0 amide bonds. The molecule has 0 aliphatic heterocycles. The second-order valence-corrected chi connectivity index (χ2v) is 5.12. The maximum Gasteiger partial charge on any atom is 0.178 e. The highest BCUT2D eigenvalue weighted by molar-refractivity contribution is 5.49. The Bertz CT molecular complexity index is 548. The van der Waals surface area contributed by atoms with Crippen LogP contribution in [0.3, 0.4) is 0 Å². The van der Waals surface area contributed by atoms with Crippen LogP contribution < -0.4 is 5.32 Å². The van der Waals surface area contributed by atoms with Gasteiger partial charge < -0.3 is 9.88 Å². The van der Waals surface area contributed by atoms with Gasteiger partial charge in [0.05, 0.1) is 12.5 Å². The summed E-state index contributed by atoms with van der Waals surface area (Å²) in [5, 5.41) is 3.41. The Balaban J connectivity index is 2.34. The van der Waals surface area contributed by atoms with E-state index in [9.17, 15) is 0 Å². The number of nitrogens with one attached hydrogen (secondary N) is 1. The van der Waals surface area contributed by atoms with Crippen molar-refractivity contribution in [3.63, 3.8) is 0 Å². The molecule has 2 aromatic heterocycles. The Morgan fingerprint density at radius 1 is 1.21 bits per heavy atom. The monoisotopic (exact) mass is 259 g/mol. The second-order valence-electron chi connectivity index (χ2n) is 5.12. The van der Waals surface area contributed by atoms with Crippen molar-refractivity contribution in [3.05, 3.63) is 29.5 Å². The van der Waals surface area contributed by atoms with Gasteiger partial charge >= 0.3 is 0 Å². The molecular weight excluding hydrogens is 238 g/mol. The van der Waals surface area contributed by atoms with Crippen LogP contribution in [0.15, 0.2) is 12.5 Å². The SMILES string of the molecule is Cc1nc(-c2cncn2C)nc(C)c1CNC(C)C. The number of aryl methyl sites for hydroxylation is 3. The van der Waals surface area contributed by atoms with Crippen molar-refractivity contribution < 1.29 is 0 Å². The molecule has 0 saturated carbocycles. The van der Waals surface area contributed by atoms with Gasteiger partial charge in [0.1, 0.15) is 5.69 Å². The number of rotatable bonds is 4. The van der Waals surface area contributed by atoms with Gasteiger partial charge in [0.15, 0.2) is 5.82 Å². The predicted molar refractivity (Wildman–Crippen MR) is 75.7 cm³/mol. The summed E-state index contributed by atoms with van der Waals surface area (Å²) in [6.45, 7) is 9.14. The molecule has 0 atom stereocenters. The smallest absolute Gasteiger partial charge is 0.178 e. The van der Waals surface area contributed by atoms with Crippen LogP contribution in [0.2, 0.25) is 0 Å². The molecule has 5 nitrogen and oxygen atoms in total. The summed E-state index contributed by atoms with van der Waals surface area (Å²) in [5.74, 6) is 0.739. The molecule has 0 aromatic carbocycles. The van der Waals surface area contributed by atoms with E-state index in [-0.39, 0.29) is 0 Å². The zero-order chi connectivity index (χ0) is 14.0. The fourth-order valence-corrected chi connectivity index (χ4v) is 1.99. The lowest BCUT2D eigenvalue weighted by atomic mass is 10.1. The quantitative estimate of drug-likeness (QED) is 0.912. The van der Waals surface area contributed by atoms with Gasteiger partial charge in [0, 0.05) is 36.6 Å². The molecule has 0 spiro atoms. The molecule has 2 rings (SSSR count). The van der Waals surface area contributed by atoms with E-state index in [4.69, 9.17) is 0 Å². The third-order valence-corrected chi connectivity index (χ3v) is 3.15. The predicted octanol–water partition coefficient (Wildman–Crippen LogP) is 1.99. The summed E-state index contributed by atoms with van der Waals surface area (Å²) in [6.07, 6.45) is 3.55. The summed E-state index contributed by atoms with van der Waals surface area (Å²) in [5.41, 5.74) is 4.17. The molecule has 2 heterocycles. The lowest BCUT2D eigenvalue weighted by Crippen LogP contribution is -2.23. The molecule has 0 aliphatic carbocycles. The van der Waals surface area contributed by atoms with Crippen molar-refractivity contribution in [2.24, 2.45) is 7.05 Å². The minimum atomic E-state index is 0.454. The normalized spacial score (nSPS) is 11.3. The van der Waals surface area contributed by atoms with Crippen molar-refractivity contribution in [1.82, 2.24) is 24.8 Å². The van der Waals surface area contributed by atoms with Crippen LogP contribution >= 0.6 is 0 Å². The number of nitrogens with zero attached hydrogens (tertiary/aromatic N) is 4. The van der Waals surface area contributed by atoms with E-state index < -0.39 is 0 Å². The fraction of sp³-hybridized carbons (Fsp3) is 0.500. The minimum Gasteiger partial charge on any atom is -0.331 e. The van der Waals surface area contributed by atoms with Gasteiger partial charge in [-0.2, -0.15) is 0 Å². The molecule has 0 unspecified atom stereocenters. The highest BCUT2D eigenvalue weighted by Gasteiger charge is 2.12. The highest BCUT2D eigenvalue weighted by atomic mass is 15.1. The fourth-order valence-electron chi connectivity index (χ4n) is 1.99. The molecular formula is C14H21N5. The first-order chi connectivity index (χ1) is 8.99. The van der Waals surface area contributed by atoms with Crippen LogP contribution in [-0.2, 0) is 13.6 Å². The first-order valence-corrected chi connectivity index (χ1v) is 6.53. The first kappa shape index (κ1) is 13.7. The van der Waals surface area contributed by atoms with Crippen LogP contribution in [0.1, 0.15) is 30.8 Å². The van der Waals surface area contributed by atoms with E-state index in [1.165, 1.54) is 5.56 Å². The Hall–Kier alpha value is -1.75. The van der Waals surface area contributed by atoms with Crippen molar-refractivity contribution >= 4 is 0 Å². The first-order valence-electron chi connectivity index (χ1n) is 6.53. The van der Waals surface area contributed by atoms with Crippen molar-refractivity contribution in [1.29, 1.82) is 0 Å². The number of hydrogen-bond acceptors (Lipinski definition) is 4. The van der Waals surface area contributed by atoms with E-state index in [0.29, 0.717) is 6.04 Å². The molecule has 102 valence electrons. The molecule has 0 aliphatic rings. The third-order valence-electron chi connectivity index (χ3n) is 3.15. The second kappa shape index (κ2) is 5.48. The zero-order valence-electron chi connectivity index (χ0n) is 12.2. The highest BCUT2D eigenvalue weighted by Crippen LogP contribution is 2.18. The van der Waals surface area contributed by atoms with Crippen LogP contribution in [-0.4, -0.2) is 25.6 Å². The summed E-state index contributed by atoms with van der Waals surface area (Å²) in [6, 6.07) is 0.454. The lowest BCUT2D eigenvalue weighted by Gasteiger charge is -2.13. The maximum absolute atomic E-state index is 4.60. The number of aromatic nitrogens is 4. The molecule has 5 heteroatoms. The van der Waals surface area contributed by atoms with Gasteiger partial charge in [-0.25, -0.2) is 15.0 Å². The Kier molecular flexibility index (Phi) is 3.95. The van der Waals surface area contributed by atoms with E-state index in [1.54, 1.807) is 12.5 Å². The van der Waals surface area contributed by atoms with Crippen LogP contribution in [0.5, 0.6) is 0 Å². The molecule has 2 aromatic rings. The maximum atomic E-state index is 4.60. The molecule has 1 N–H and O–H groups in total. The van der Waals surface area contributed by atoms with E-state index in [2.05, 4.69) is 34.1 Å². The lowest BCUT2D eigenvalue weighted by molar-refractivity contribution is 0.583. The van der Waals surface area contributed by atoms with Gasteiger partial charge in [-0.1, -0.05) is 13.8 Å². The summed E-state index contributed by atoms with van der Waals surface area (Å²) >= 11 is 0. The number of hydrogen-bond donors (Lipinski definition) is 1. The van der Waals surface area contributed by atoms with Gasteiger partial charge in [0.2, 0.25) is 0 Å². The standard InChI is InChI=1S/C14H21N5/c1-9(2)16-6-12-10(3)17-14(18-11(12)4)13-7-15-8-19(13)5/h7-9,16H,6H2,1-5H3. The van der Waals surface area contributed by atoms with Crippen molar-refractivity contribution in [3.8, 4) is 11.5 Å². The average Bonchev–Trinajstić information content (AvgIpc) is 2.73. The summed E-state index contributed by atoms with van der Waals surface area (Å²) in [7, 11) is 1.95. The van der Waals surface area contributed by atoms with Crippen LogP contribution in [0, 0.1) is 13.8 Å². The minimum absolute atomic E-state index is 0.454. The molecule has 0 bridgehead atoms. The summed E-state index contributed by atoms with van der Waals surface area (Å²) < 4.78 is 1.93. The largest absolute Gasteiger partial charge is 0.331 e. The van der Waals surface area contributed by atoms with E-state index in [0.717, 1.165) is 29.5 Å².